The second-order valence-electron chi connectivity index (χ2n) is 5.28. The number of rotatable bonds is 3. The third-order valence-electron chi connectivity index (χ3n) is 3.59. The average molecular weight is 267 g/mol. The lowest BCUT2D eigenvalue weighted by molar-refractivity contribution is 0.371. The van der Waals surface area contributed by atoms with Gasteiger partial charge < -0.3 is 5.32 Å². The van der Waals surface area contributed by atoms with Crippen molar-refractivity contribution in [3.8, 4) is 0 Å². The second kappa shape index (κ2) is 5.41. The third kappa shape index (κ3) is 3.33. The van der Waals surface area contributed by atoms with E-state index >= 15 is 0 Å². The second-order valence-corrected chi connectivity index (χ2v) is 7.26. The van der Waals surface area contributed by atoms with Crippen LogP contribution in [0, 0.1) is 12.8 Å². The highest BCUT2D eigenvalue weighted by Gasteiger charge is 2.19. The lowest BCUT2D eigenvalue weighted by atomic mass is 9.91. The van der Waals surface area contributed by atoms with E-state index in [1.54, 1.807) is 6.07 Å². The summed E-state index contributed by atoms with van der Waals surface area (Å²) >= 11 is 0. The molecule has 0 aliphatic carbocycles. The number of hydrogen-bond acceptors (Lipinski definition) is 3. The molecule has 1 aromatic carbocycles. The van der Waals surface area contributed by atoms with Crippen molar-refractivity contribution in [2.24, 2.45) is 5.92 Å². The SMILES string of the molecule is Cc1ccc(CC2CCNCC2)c(S(C)(=O)=O)c1. The van der Waals surface area contributed by atoms with Crippen molar-refractivity contribution in [2.45, 2.75) is 31.1 Å². The van der Waals surface area contributed by atoms with E-state index < -0.39 is 9.84 Å². The van der Waals surface area contributed by atoms with E-state index in [2.05, 4.69) is 5.32 Å². The summed E-state index contributed by atoms with van der Waals surface area (Å²) in [5, 5.41) is 3.34. The molecule has 1 saturated heterocycles. The Morgan fingerprint density at radius 3 is 2.56 bits per heavy atom. The fourth-order valence-electron chi connectivity index (χ4n) is 2.57. The molecule has 0 unspecified atom stereocenters. The van der Waals surface area contributed by atoms with Crippen molar-refractivity contribution in [1.29, 1.82) is 0 Å². The molecule has 18 heavy (non-hydrogen) atoms. The van der Waals surface area contributed by atoms with E-state index in [-0.39, 0.29) is 0 Å². The van der Waals surface area contributed by atoms with Gasteiger partial charge in [0.2, 0.25) is 0 Å². The van der Waals surface area contributed by atoms with Crippen molar-refractivity contribution in [3.63, 3.8) is 0 Å². The third-order valence-corrected chi connectivity index (χ3v) is 4.77. The van der Waals surface area contributed by atoms with Gasteiger partial charge in [0, 0.05) is 6.26 Å². The van der Waals surface area contributed by atoms with Crippen molar-refractivity contribution in [3.05, 3.63) is 29.3 Å². The summed E-state index contributed by atoms with van der Waals surface area (Å²) in [6.45, 7) is 4.03. The van der Waals surface area contributed by atoms with Gasteiger partial charge in [-0.15, -0.1) is 0 Å². The molecule has 0 amide bonds. The zero-order valence-electron chi connectivity index (χ0n) is 11.1. The van der Waals surface area contributed by atoms with Crippen LogP contribution in [-0.4, -0.2) is 27.8 Å². The lowest BCUT2D eigenvalue weighted by Crippen LogP contribution is -2.28. The van der Waals surface area contributed by atoms with E-state index in [9.17, 15) is 8.42 Å². The summed E-state index contributed by atoms with van der Waals surface area (Å²) in [6.07, 6.45) is 4.45. The van der Waals surface area contributed by atoms with Gasteiger partial charge in [0.25, 0.3) is 0 Å². The molecule has 2 rings (SSSR count). The normalized spacial score (nSPS) is 17.9. The molecule has 1 aliphatic rings. The Bertz CT molecular complexity index is 517. The molecule has 0 saturated carbocycles. The molecule has 100 valence electrons. The number of nitrogens with one attached hydrogen (secondary N) is 1. The van der Waals surface area contributed by atoms with Gasteiger partial charge in [-0.2, -0.15) is 0 Å². The minimum atomic E-state index is -3.12. The molecular weight excluding hydrogens is 246 g/mol. The van der Waals surface area contributed by atoms with Crippen LogP contribution in [0.3, 0.4) is 0 Å². The highest BCUT2D eigenvalue weighted by atomic mass is 32.2. The molecule has 0 radical (unpaired) electrons. The van der Waals surface area contributed by atoms with Crippen molar-refractivity contribution >= 4 is 9.84 Å². The Balaban J connectivity index is 2.26. The summed E-state index contributed by atoms with van der Waals surface area (Å²) in [4.78, 5) is 0.515. The predicted octanol–water partition coefficient (Wildman–Crippen LogP) is 1.94. The van der Waals surface area contributed by atoms with E-state index in [4.69, 9.17) is 0 Å². The van der Waals surface area contributed by atoms with Gasteiger partial charge in [-0.05, 0) is 62.4 Å². The number of benzene rings is 1. The molecule has 0 atom stereocenters. The smallest absolute Gasteiger partial charge is 0.175 e. The van der Waals surface area contributed by atoms with Crippen LogP contribution in [0.25, 0.3) is 0 Å². The zero-order chi connectivity index (χ0) is 13.2. The monoisotopic (exact) mass is 267 g/mol. The van der Waals surface area contributed by atoms with E-state index in [0.717, 1.165) is 43.5 Å². The largest absolute Gasteiger partial charge is 0.317 e. The summed E-state index contributed by atoms with van der Waals surface area (Å²) < 4.78 is 23.7. The fraction of sp³-hybridized carbons (Fsp3) is 0.571. The predicted molar refractivity (Wildman–Crippen MR) is 73.6 cm³/mol. The van der Waals surface area contributed by atoms with Crippen molar-refractivity contribution in [2.75, 3.05) is 19.3 Å². The molecule has 1 heterocycles. The van der Waals surface area contributed by atoms with E-state index in [0.29, 0.717) is 10.8 Å². The zero-order valence-corrected chi connectivity index (χ0v) is 11.9. The molecule has 1 aromatic rings. The first-order chi connectivity index (χ1) is 8.47. The molecule has 3 nitrogen and oxygen atoms in total. The summed E-state index contributed by atoms with van der Waals surface area (Å²) in [5.41, 5.74) is 1.99. The Labute approximate surface area is 110 Å². The van der Waals surface area contributed by atoms with Crippen LogP contribution < -0.4 is 5.32 Å². The molecule has 0 aromatic heterocycles. The number of sulfone groups is 1. The number of piperidine rings is 1. The van der Waals surface area contributed by atoms with Crippen LogP contribution in [0.2, 0.25) is 0 Å². The Morgan fingerprint density at radius 2 is 1.94 bits per heavy atom. The van der Waals surface area contributed by atoms with Crippen LogP contribution in [0.5, 0.6) is 0 Å². The molecule has 1 aliphatic heterocycles. The van der Waals surface area contributed by atoms with Crippen LogP contribution in [0.4, 0.5) is 0 Å². The first-order valence-electron chi connectivity index (χ1n) is 6.47. The Hall–Kier alpha value is -0.870. The van der Waals surface area contributed by atoms with Crippen LogP contribution in [0.15, 0.2) is 23.1 Å². The highest BCUT2D eigenvalue weighted by Crippen LogP contribution is 2.24. The van der Waals surface area contributed by atoms with Crippen LogP contribution in [0.1, 0.15) is 24.0 Å². The molecule has 4 heteroatoms. The maximum atomic E-state index is 11.8. The average Bonchev–Trinajstić information content (AvgIpc) is 2.31. The van der Waals surface area contributed by atoms with Gasteiger partial charge in [0.05, 0.1) is 4.90 Å². The minimum absolute atomic E-state index is 0.515. The maximum Gasteiger partial charge on any atom is 0.175 e. The molecule has 0 bridgehead atoms. The summed E-state index contributed by atoms with van der Waals surface area (Å²) in [7, 11) is -3.12. The Kier molecular flexibility index (Phi) is 4.07. The van der Waals surface area contributed by atoms with E-state index in [1.807, 2.05) is 19.1 Å². The highest BCUT2D eigenvalue weighted by molar-refractivity contribution is 7.90. The first kappa shape index (κ1) is 13.6. The van der Waals surface area contributed by atoms with Gasteiger partial charge in [-0.1, -0.05) is 12.1 Å². The van der Waals surface area contributed by atoms with Gasteiger partial charge in [0.15, 0.2) is 9.84 Å². The number of hydrogen-bond donors (Lipinski definition) is 1. The quantitative estimate of drug-likeness (QED) is 0.910. The van der Waals surface area contributed by atoms with E-state index in [1.165, 1.54) is 6.26 Å². The van der Waals surface area contributed by atoms with Crippen molar-refractivity contribution < 1.29 is 8.42 Å². The van der Waals surface area contributed by atoms with Crippen LogP contribution >= 0.6 is 0 Å². The van der Waals surface area contributed by atoms with Crippen molar-refractivity contribution in [1.82, 2.24) is 5.32 Å². The molecule has 0 spiro atoms. The summed E-state index contributed by atoms with van der Waals surface area (Å²) in [6, 6.07) is 5.78. The molecule has 1 fully saturated rings. The molecular formula is C14H21NO2S. The topological polar surface area (TPSA) is 46.2 Å². The van der Waals surface area contributed by atoms with Gasteiger partial charge in [0.1, 0.15) is 0 Å². The fourth-order valence-corrected chi connectivity index (χ4v) is 3.60. The van der Waals surface area contributed by atoms with Gasteiger partial charge in [-0.25, -0.2) is 8.42 Å². The molecule has 1 N–H and O–H groups in total. The van der Waals surface area contributed by atoms with Crippen LogP contribution in [-0.2, 0) is 16.3 Å². The number of aryl methyl sites for hydroxylation is 1. The van der Waals surface area contributed by atoms with Gasteiger partial charge in [-0.3, -0.25) is 0 Å². The lowest BCUT2D eigenvalue weighted by Gasteiger charge is -2.23. The minimum Gasteiger partial charge on any atom is -0.317 e. The maximum absolute atomic E-state index is 11.8. The standard InChI is InChI=1S/C14H21NO2S/c1-11-3-4-13(14(9-11)18(2,16)17)10-12-5-7-15-8-6-12/h3-4,9,12,15H,5-8,10H2,1-2H3. The first-order valence-corrected chi connectivity index (χ1v) is 8.36. The summed E-state index contributed by atoms with van der Waals surface area (Å²) in [5.74, 6) is 0.606. The van der Waals surface area contributed by atoms with Gasteiger partial charge >= 0.3 is 0 Å². The Morgan fingerprint density at radius 1 is 1.28 bits per heavy atom.